The van der Waals surface area contributed by atoms with Gasteiger partial charge in [-0.05, 0) is 43.3 Å². The number of aromatic hydroxyl groups is 1. The van der Waals surface area contributed by atoms with E-state index >= 15 is 0 Å². The van der Waals surface area contributed by atoms with Gasteiger partial charge in [0, 0.05) is 9.79 Å². The molecular weight excluding hydrogens is 204 g/mol. The summed E-state index contributed by atoms with van der Waals surface area (Å²) in [5.74, 6) is 0.309. The fraction of sp³-hybridized carbons (Fsp3) is 0.0769. The maximum Gasteiger partial charge on any atom is 0.115 e. The van der Waals surface area contributed by atoms with Crippen LogP contribution in [0.4, 0.5) is 0 Å². The number of benzene rings is 2. The topological polar surface area (TPSA) is 20.2 Å². The molecular formula is C13H12OS. The second kappa shape index (κ2) is 4.41. The third kappa shape index (κ3) is 2.77. The third-order valence-electron chi connectivity index (χ3n) is 2.09. The molecule has 0 unspecified atom stereocenters. The first kappa shape index (κ1) is 10.1. The SMILES string of the molecule is Cc1ccc(Sc2ccc(O)cc2)cc1. The summed E-state index contributed by atoms with van der Waals surface area (Å²) in [6, 6.07) is 15.7. The van der Waals surface area contributed by atoms with Gasteiger partial charge in [-0.3, -0.25) is 0 Å². The van der Waals surface area contributed by atoms with E-state index in [1.54, 1.807) is 23.9 Å². The van der Waals surface area contributed by atoms with Crippen molar-refractivity contribution in [1.82, 2.24) is 0 Å². The Labute approximate surface area is 93.8 Å². The van der Waals surface area contributed by atoms with Crippen molar-refractivity contribution in [3.8, 4) is 5.75 Å². The molecule has 1 nitrogen and oxygen atoms in total. The summed E-state index contributed by atoms with van der Waals surface area (Å²) in [5, 5.41) is 9.15. The molecule has 0 saturated carbocycles. The Balaban J connectivity index is 2.15. The Hall–Kier alpha value is -1.41. The van der Waals surface area contributed by atoms with E-state index in [9.17, 15) is 0 Å². The Morgan fingerprint density at radius 1 is 0.800 bits per heavy atom. The molecule has 15 heavy (non-hydrogen) atoms. The van der Waals surface area contributed by atoms with Gasteiger partial charge >= 0.3 is 0 Å². The number of hydrogen-bond donors (Lipinski definition) is 1. The predicted molar refractivity (Wildman–Crippen MR) is 63.4 cm³/mol. The first-order valence-corrected chi connectivity index (χ1v) is 5.59. The fourth-order valence-electron chi connectivity index (χ4n) is 1.26. The van der Waals surface area contributed by atoms with E-state index in [0.717, 1.165) is 4.90 Å². The summed E-state index contributed by atoms with van der Waals surface area (Å²) < 4.78 is 0. The molecule has 1 N–H and O–H groups in total. The Morgan fingerprint density at radius 3 is 1.80 bits per heavy atom. The monoisotopic (exact) mass is 216 g/mol. The van der Waals surface area contributed by atoms with Crippen molar-refractivity contribution in [1.29, 1.82) is 0 Å². The van der Waals surface area contributed by atoms with Crippen molar-refractivity contribution in [3.05, 3.63) is 54.1 Å². The van der Waals surface area contributed by atoms with Gasteiger partial charge in [0.2, 0.25) is 0 Å². The normalized spacial score (nSPS) is 10.2. The number of phenols is 1. The highest BCUT2D eigenvalue weighted by atomic mass is 32.2. The number of phenolic OH excluding ortho intramolecular Hbond substituents is 1. The molecule has 2 heteroatoms. The Bertz CT molecular complexity index is 388. The van der Waals surface area contributed by atoms with Crippen molar-refractivity contribution >= 4 is 11.8 Å². The lowest BCUT2D eigenvalue weighted by Gasteiger charge is -2.02. The first-order chi connectivity index (χ1) is 7.24. The molecule has 0 spiro atoms. The zero-order valence-electron chi connectivity index (χ0n) is 8.47. The minimum absolute atomic E-state index is 0.309. The summed E-state index contributed by atoms with van der Waals surface area (Å²) in [6.07, 6.45) is 0. The molecule has 0 atom stereocenters. The summed E-state index contributed by atoms with van der Waals surface area (Å²) >= 11 is 1.69. The minimum Gasteiger partial charge on any atom is -0.508 e. The first-order valence-electron chi connectivity index (χ1n) is 4.77. The molecule has 76 valence electrons. The van der Waals surface area contributed by atoms with Crippen molar-refractivity contribution in [2.45, 2.75) is 16.7 Å². The van der Waals surface area contributed by atoms with Gasteiger partial charge in [0.1, 0.15) is 5.75 Å². The number of hydrogen-bond acceptors (Lipinski definition) is 2. The van der Waals surface area contributed by atoms with E-state index < -0.39 is 0 Å². The molecule has 0 aliphatic heterocycles. The van der Waals surface area contributed by atoms with Crippen LogP contribution in [0.5, 0.6) is 5.75 Å². The van der Waals surface area contributed by atoms with Crippen molar-refractivity contribution in [3.63, 3.8) is 0 Å². The van der Waals surface area contributed by atoms with Crippen LogP contribution in [-0.2, 0) is 0 Å². The lowest BCUT2D eigenvalue weighted by atomic mass is 10.2. The van der Waals surface area contributed by atoms with Gasteiger partial charge in [0.25, 0.3) is 0 Å². The van der Waals surface area contributed by atoms with Crippen LogP contribution in [0.3, 0.4) is 0 Å². The standard InChI is InChI=1S/C13H12OS/c1-10-2-6-12(7-3-10)15-13-8-4-11(14)5-9-13/h2-9,14H,1H3. The van der Waals surface area contributed by atoms with Crippen molar-refractivity contribution < 1.29 is 5.11 Å². The summed E-state index contributed by atoms with van der Waals surface area (Å²) in [4.78, 5) is 2.35. The highest BCUT2D eigenvalue weighted by Crippen LogP contribution is 2.28. The molecule has 0 radical (unpaired) electrons. The highest BCUT2D eigenvalue weighted by Gasteiger charge is 1.96. The van der Waals surface area contributed by atoms with E-state index in [1.807, 2.05) is 12.1 Å². The largest absolute Gasteiger partial charge is 0.508 e. The molecule has 0 fully saturated rings. The Morgan fingerprint density at radius 2 is 1.27 bits per heavy atom. The summed E-state index contributed by atoms with van der Waals surface area (Å²) in [6.45, 7) is 2.08. The molecule has 0 saturated heterocycles. The number of rotatable bonds is 2. The van der Waals surface area contributed by atoms with Gasteiger partial charge in [0.05, 0.1) is 0 Å². The van der Waals surface area contributed by atoms with Crippen molar-refractivity contribution in [2.24, 2.45) is 0 Å². The van der Waals surface area contributed by atoms with Crippen LogP contribution in [0.1, 0.15) is 5.56 Å². The fourth-order valence-corrected chi connectivity index (χ4v) is 2.07. The average Bonchev–Trinajstić information content (AvgIpc) is 2.25. The lowest BCUT2D eigenvalue weighted by Crippen LogP contribution is -1.74. The van der Waals surface area contributed by atoms with Gasteiger partial charge in [-0.2, -0.15) is 0 Å². The van der Waals surface area contributed by atoms with Gasteiger partial charge in [-0.1, -0.05) is 29.5 Å². The van der Waals surface area contributed by atoms with E-state index in [0.29, 0.717) is 5.75 Å². The van der Waals surface area contributed by atoms with E-state index in [-0.39, 0.29) is 0 Å². The van der Waals surface area contributed by atoms with Gasteiger partial charge in [-0.25, -0.2) is 0 Å². The molecule has 0 amide bonds. The van der Waals surface area contributed by atoms with Gasteiger partial charge < -0.3 is 5.11 Å². The average molecular weight is 216 g/mol. The maximum absolute atomic E-state index is 9.15. The van der Waals surface area contributed by atoms with Crippen LogP contribution in [0.25, 0.3) is 0 Å². The molecule has 0 aliphatic rings. The smallest absolute Gasteiger partial charge is 0.115 e. The zero-order chi connectivity index (χ0) is 10.7. The second-order valence-electron chi connectivity index (χ2n) is 3.41. The Kier molecular flexibility index (Phi) is 2.97. The van der Waals surface area contributed by atoms with E-state index in [4.69, 9.17) is 5.11 Å². The van der Waals surface area contributed by atoms with Crippen LogP contribution in [0.15, 0.2) is 58.3 Å². The van der Waals surface area contributed by atoms with Crippen LogP contribution in [0, 0.1) is 6.92 Å². The highest BCUT2D eigenvalue weighted by molar-refractivity contribution is 7.99. The van der Waals surface area contributed by atoms with E-state index in [1.165, 1.54) is 10.5 Å². The summed E-state index contributed by atoms with van der Waals surface area (Å²) in [5.41, 5.74) is 1.27. The van der Waals surface area contributed by atoms with Crippen molar-refractivity contribution in [2.75, 3.05) is 0 Å². The third-order valence-corrected chi connectivity index (χ3v) is 3.11. The van der Waals surface area contributed by atoms with Gasteiger partial charge in [0.15, 0.2) is 0 Å². The molecule has 0 bridgehead atoms. The second-order valence-corrected chi connectivity index (χ2v) is 4.56. The zero-order valence-corrected chi connectivity index (χ0v) is 9.29. The molecule has 2 aromatic carbocycles. The van der Waals surface area contributed by atoms with Gasteiger partial charge in [-0.15, -0.1) is 0 Å². The molecule has 0 aliphatic carbocycles. The van der Waals surface area contributed by atoms with Crippen LogP contribution < -0.4 is 0 Å². The lowest BCUT2D eigenvalue weighted by molar-refractivity contribution is 0.475. The summed E-state index contributed by atoms with van der Waals surface area (Å²) in [7, 11) is 0. The van der Waals surface area contributed by atoms with Crippen LogP contribution in [-0.4, -0.2) is 5.11 Å². The molecule has 2 aromatic rings. The van der Waals surface area contributed by atoms with Crippen LogP contribution in [0.2, 0.25) is 0 Å². The predicted octanol–water partition coefficient (Wildman–Crippen LogP) is 3.85. The van der Waals surface area contributed by atoms with E-state index in [2.05, 4.69) is 31.2 Å². The van der Waals surface area contributed by atoms with Crippen LogP contribution >= 0.6 is 11.8 Å². The molecule has 0 heterocycles. The molecule has 2 rings (SSSR count). The number of aryl methyl sites for hydroxylation is 1. The minimum atomic E-state index is 0.309. The molecule has 0 aromatic heterocycles. The maximum atomic E-state index is 9.15. The quantitative estimate of drug-likeness (QED) is 0.822.